The molecule has 0 aliphatic carbocycles. The first-order valence-corrected chi connectivity index (χ1v) is 7.70. The molecular formula is C19H25NO. The van der Waals surface area contributed by atoms with Crippen molar-refractivity contribution in [3.05, 3.63) is 59.4 Å². The first kappa shape index (κ1) is 15.6. The number of rotatable bonds is 6. The summed E-state index contributed by atoms with van der Waals surface area (Å²) in [4.78, 5) is 4.54. The van der Waals surface area contributed by atoms with E-state index in [1.165, 1.54) is 11.1 Å². The average molecular weight is 283 g/mol. The van der Waals surface area contributed by atoms with Gasteiger partial charge >= 0.3 is 0 Å². The molecule has 0 saturated carbocycles. The molecule has 21 heavy (non-hydrogen) atoms. The van der Waals surface area contributed by atoms with E-state index >= 15 is 0 Å². The minimum atomic E-state index is -0.103. The Morgan fingerprint density at radius 3 is 2.43 bits per heavy atom. The largest absolute Gasteiger partial charge is 0.494 e. The zero-order valence-electron chi connectivity index (χ0n) is 13.5. The summed E-state index contributed by atoms with van der Waals surface area (Å²) >= 11 is 0. The van der Waals surface area contributed by atoms with Crippen LogP contribution < -0.4 is 4.74 Å². The molecule has 0 bridgehead atoms. The number of ether oxygens (including phenoxy) is 1. The van der Waals surface area contributed by atoms with Crippen LogP contribution in [0.15, 0.2) is 42.6 Å². The normalized spacial score (nSPS) is 11.4. The second-order valence-electron chi connectivity index (χ2n) is 6.07. The van der Waals surface area contributed by atoms with Crippen LogP contribution in [0.5, 0.6) is 5.75 Å². The average Bonchev–Trinajstić information content (AvgIpc) is 2.48. The highest BCUT2D eigenvalue weighted by Gasteiger charge is 2.24. The molecule has 1 heterocycles. The maximum atomic E-state index is 5.72. The van der Waals surface area contributed by atoms with Crippen LogP contribution >= 0.6 is 0 Å². The maximum Gasteiger partial charge on any atom is 0.119 e. The highest BCUT2D eigenvalue weighted by molar-refractivity contribution is 5.38. The molecular weight excluding hydrogens is 258 g/mol. The minimum absolute atomic E-state index is 0.103. The zero-order chi connectivity index (χ0) is 15.3. The van der Waals surface area contributed by atoms with E-state index in [0.717, 1.165) is 30.9 Å². The Bertz CT molecular complexity index is 572. The molecule has 2 heteroatoms. The van der Waals surface area contributed by atoms with Crippen LogP contribution in [0.1, 0.15) is 50.4 Å². The second-order valence-corrected chi connectivity index (χ2v) is 6.07. The van der Waals surface area contributed by atoms with Gasteiger partial charge in [0.25, 0.3) is 0 Å². The Balaban J connectivity index is 2.17. The summed E-state index contributed by atoms with van der Waals surface area (Å²) in [6, 6.07) is 12.6. The van der Waals surface area contributed by atoms with Crippen LogP contribution in [-0.4, -0.2) is 11.6 Å². The minimum Gasteiger partial charge on any atom is -0.494 e. The fourth-order valence-corrected chi connectivity index (χ4v) is 2.33. The van der Waals surface area contributed by atoms with E-state index in [1.807, 2.05) is 12.3 Å². The van der Waals surface area contributed by atoms with E-state index < -0.39 is 0 Å². The summed E-state index contributed by atoms with van der Waals surface area (Å²) < 4.78 is 5.72. The number of nitrogens with zero attached hydrogens (tertiary/aromatic N) is 1. The molecule has 2 aromatic rings. The number of unbranched alkanes of at least 4 members (excludes halogenated alkanes) is 1. The number of aryl methyl sites for hydroxylation is 1. The third kappa shape index (κ3) is 3.84. The summed E-state index contributed by atoms with van der Waals surface area (Å²) in [6.07, 6.45) is 4.14. The van der Waals surface area contributed by atoms with Crippen molar-refractivity contribution in [2.45, 2.75) is 46.0 Å². The van der Waals surface area contributed by atoms with E-state index in [2.05, 4.69) is 63.0 Å². The smallest absolute Gasteiger partial charge is 0.119 e. The molecule has 0 aliphatic rings. The van der Waals surface area contributed by atoms with Crippen molar-refractivity contribution in [1.29, 1.82) is 0 Å². The SMILES string of the molecule is CCCCOc1ccc(C(C)(C)c2cc(C)ccn2)cc1. The molecule has 1 aromatic heterocycles. The van der Waals surface area contributed by atoms with Gasteiger partial charge < -0.3 is 4.74 Å². The van der Waals surface area contributed by atoms with Crippen LogP contribution in [0.25, 0.3) is 0 Å². The van der Waals surface area contributed by atoms with Gasteiger partial charge in [-0.2, -0.15) is 0 Å². The second kappa shape index (κ2) is 6.75. The maximum absolute atomic E-state index is 5.72. The van der Waals surface area contributed by atoms with E-state index in [-0.39, 0.29) is 5.41 Å². The summed E-state index contributed by atoms with van der Waals surface area (Å²) in [5.41, 5.74) is 3.49. The van der Waals surface area contributed by atoms with Gasteiger partial charge in [-0.1, -0.05) is 39.3 Å². The predicted octanol–water partition coefficient (Wildman–Crippen LogP) is 4.89. The number of hydrogen-bond acceptors (Lipinski definition) is 2. The third-order valence-corrected chi connectivity index (χ3v) is 3.90. The Labute approximate surface area is 128 Å². The zero-order valence-corrected chi connectivity index (χ0v) is 13.5. The van der Waals surface area contributed by atoms with Gasteiger partial charge in [0, 0.05) is 11.6 Å². The molecule has 0 aliphatic heterocycles. The molecule has 2 nitrogen and oxygen atoms in total. The van der Waals surface area contributed by atoms with Crippen LogP contribution in [0.3, 0.4) is 0 Å². The van der Waals surface area contributed by atoms with Crippen molar-refractivity contribution in [2.75, 3.05) is 6.61 Å². The van der Waals surface area contributed by atoms with Gasteiger partial charge in [-0.05, 0) is 48.7 Å². The van der Waals surface area contributed by atoms with Crippen molar-refractivity contribution in [3.63, 3.8) is 0 Å². The van der Waals surface area contributed by atoms with Crippen molar-refractivity contribution in [3.8, 4) is 5.75 Å². The van der Waals surface area contributed by atoms with Crippen LogP contribution in [0.2, 0.25) is 0 Å². The molecule has 112 valence electrons. The van der Waals surface area contributed by atoms with Crippen molar-refractivity contribution in [1.82, 2.24) is 4.98 Å². The van der Waals surface area contributed by atoms with Crippen LogP contribution in [0, 0.1) is 6.92 Å². The monoisotopic (exact) mass is 283 g/mol. The summed E-state index contributed by atoms with van der Waals surface area (Å²) in [7, 11) is 0. The quantitative estimate of drug-likeness (QED) is 0.704. The number of hydrogen-bond donors (Lipinski definition) is 0. The Morgan fingerprint density at radius 1 is 1.10 bits per heavy atom. The highest BCUT2D eigenvalue weighted by Crippen LogP contribution is 2.31. The molecule has 0 N–H and O–H groups in total. The summed E-state index contributed by atoms with van der Waals surface area (Å²) in [5, 5.41) is 0. The van der Waals surface area contributed by atoms with Gasteiger partial charge in [0.1, 0.15) is 5.75 Å². The standard InChI is InChI=1S/C19H25NO/c1-5-6-13-21-17-9-7-16(8-10-17)19(3,4)18-14-15(2)11-12-20-18/h7-12,14H,5-6,13H2,1-4H3. The lowest BCUT2D eigenvalue weighted by Gasteiger charge is -2.25. The number of benzene rings is 1. The molecule has 0 fully saturated rings. The molecule has 0 unspecified atom stereocenters. The summed E-state index contributed by atoms with van der Waals surface area (Å²) in [6.45, 7) is 9.48. The third-order valence-electron chi connectivity index (χ3n) is 3.90. The molecule has 0 radical (unpaired) electrons. The number of aromatic nitrogens is 1. The van der Waals surface area contributed by atoms with E-state index in [9.17, 15) is 0 Å². The summed E-state index contributed by atoms with van der Waals surface area (Å²) in [5.74, 6) is 0.945. The Hall–Kier alpha value is -1.83. The lowest BCUT2D eigenvalue weighted by Crippen LogP contribution is -2.20. The van der Waals surface area contributed by atoms with Gasteiger partial charge in [-0.15, -0.1) is 0 Å². The first-order chi connectivity index (χ1) is 10.0. The Kier molecular flexibility index (Phi) is 5.00. The van der Waals surface area contributed by atoms with Gasteiger partial charge in [0.15, 0.2) is 0 Å². The van der Waals surface area contributed by atoms with E-state index in [1.54, 1.807) is 0 Å². The van der Waals surface area contributed by atoms with Crippen LogP contribution in [-0.2, 0) is 5.41 Å². The van der Waals surface area contributed by atoms with Crippen molar-refractivity contribution in [2.24, 2.45) is 0 Å². The molecule has 1 aromatic carbocycles. The molecule has 0 spiro atoms. The van der Waals surface area contributed by atoms with Gasteiger partial charge in [-0.3, -0.25) is 4.98 Å². The highest BCUT2D eigenvalue weighted by atomic mass is 16.5. The van der Waals surface area contributed by atoms with Crippen LogP contribution in [0.4, 0.5) is 0 Å². The molecule has 2 rings (SSSR count). The fourth-order valence-electron chi connectivity index (χ4n) is 2.33. The van der Waals surface area contributed by atoms with Crippen molar-refractivity contribution >= 4 is 0 Å². The van der Waals surface area contributed by atoms with E-state index in [0.29, 0.717) is 0 Å². The van der Waals surface area contributed by atoms with Gasteiger partial charge in [0.2, 0.25) is 0 Å². The molecule has 0 saturated heterocycles. The topological polar surface area (TPSA) is 22.1 Å². The van der Waals surface area contributed by atoms with Gasteiger partial charge in [-0.25, -0.2) is 0 Å². The lowest BCUT2D eigenvalue weighted by atomic mass is 9.81. The molecule has 0 atom stereocenters. The fraction of sp³-hybridized carbons (Fsp3) is 0.421. The van der Waals surface area contributed by atoms with E-state index in [4.69, 9.17) is 4.74 Å². The molecule has 0 amide bonds. The number of pyridine rings is 1. The first-order valence-electron chi connectivity index (χ1n) is 7.70. The van der Waals surface area contributed by atoms with Crippen molar-refractivity contribution < 1.29 is 4.74 Å². The lowest BCUT2D eigenvalue weighted by molar-refractivity contribution is 0.309. The Morgan fingerprint density at radius 2 is 1.81 bits per heavy atom. The van der Waals surface area contributed by atoms with Gasteiger partial charge in [0.05, 0.1) is 12.3 Å². The predicted molar refractivity (Wildman–Crippen MR) is 87.9 cm³/mol.